The minimum Gasteiger partial charge on any atom is -0.336 e. The lowest BCUT2D eigenvalue weighted by molar-refractivity contribution is 0.239. The van der Waals surface area contributed by atoms with Gasteiger partial charge >= 0.3 is 6.03 Å². The van der Waals surface area contributed by atoms with Gasteiger partial charge in [-0.1, -0.05) is 26.2 Å². The summed E-state index contributed by atoms with van der Waals surface area (Å²) >= 11 is 3.19. The van der Waals surface area contributed by atoms with E-state index in [2.05, 4.69) is 33.3 Å². The quantitative estimate of drug-likeness (QED) is 0.839. The van der Waals surface area contributed by atoms with E-state index >= 15 is 0 Å². The van der Waals surface area contributed by atoms with Crippen molar-refractivity contribution in [3.63, 3.8) is 0 Å². The van der Waals surface area contributed by atoms with Gasteiger partial charge in [-0.2, -0.15) is 9.78 Å². The van der Waals surface area contributed by atoms with Crippen molar-refractivity contribution in [2.45, 2.75) is 32.6 Å². The summed E-state index contributed by atoms with van der Waals surface area (Å²) in [6, 6.07) is 1.56. The number of rotatable bonds is 5. The molecule has 84 valence electrons. The van der Waals surface area contributed by atoms with Crippen LogP contribution in [-0.2, 0) is 0 Å². The first kappa shape index (κ1) is 12.2. The molecule has 0 fully saturated rings. The van der Waals surface area contributed by atoms with E-state index in [-0.39, 0.29) is 6.03 Å². The highest BCUT2D eigenvalue weighted by Crippen LogP contribution is 2.03. The lowest BCUT2D eigenvalue weighted by Crippen LogP contribution is -2.29. The normalized spacial score (nSPS) is 10.3. The van der Waals surface area contributed by atoms with Crippen LogP contribution in [0.2, 0.25) is 0 Å². The van der Waals surface area contributed by atoms with E-state index in [9.17, 15) is 4.79 Å². The van der Waals surface area contributed by atoms with E-state index in [1.54, 1.807) is 12.3 Å². The third-order valence-corrected chi connectivity index (χ3v) is 2.49. The molecule has 0 aliphatic carbocycles. The number of unbranched alkanes of at least 4 members (excludes halogenated alkanes) is 3. The summed E-state index contributed by atoms with van der Waals surface area (Å²) in [5.74, 6) is 0. The molecule has 0 aromatic carbocycles. The van der Waals surface area contributed by atoms with Crippen LogP contribution in [0.3, 0.4) is 0 Å². The molecule has 0 atom stereocenters. The largest absolute Gasteiger partial charge is 0.342 e. The lowest BCUT2D eigenvalue weighted by Gasteiger charge is -2.03. The highest BCUT2D eigenvalue weighted by molar-refractivity contribution is 9.10. The van der Waals surface area contributed by atoms with E-state index in [4.69, 9.17) is 0 Å². The van der Waals surface area contributed by atoms with Gasteiger partial charge in [0, 0.05) is 12.7 Å². The second-order valence-electron chi connectivity index (χ2n) is 3.38. The SMILES string of the molecule is CCCCCCNC(=O)n1ccc(Br)n1. The van der Waals surface area contributed by atoms with Crippen molar-refractivity contribution >= 4 is 22.0 Å². The monoisotopic (exact) mass is 273 g/mol. The van der Waals surface area contributed by atoms with Crippen LogP contribution in [0.15, 0.2) is 16.9 Å². The van der Waals surface area contributed by atoms with Crippen LogP contribution in [0.5, 0.6) is 0 Å². The smallest absolute Gasteiger partial charge is 0.336 e. The molecule has 1 amide bonds. The molecule has 0 aliphatic rings. The van der Waals surface area contributed by atoms with E-state index < -0.39 is 0 Å². The molecule has 4 nitrogen and oxygen atoms in total. The molecule has 1 aromatic heterocycles. The van der Waals surface area contributed by atoms with E-state index in [1.165, 1.54) is 23.9 Å². The van der Waals surface area contributed by atoms with E-state index in [0.29, 0.717) is 4.60 Å². The van der Waals surface area contributed by atoms with Gasteiger partial charge in [-0.25, -0.2) is 4.79 Å². The molecule has 1 N–H and O–H groups in total. The average molecular weight is 274 g/mol. The maximum Gasteiger partial charge on any atom is 0.342 e. The van der Waals surface area contributed by atoms with Gasteiger partial charge in [0.05, 0.1) is 0 Å². The van der Waals surface area contributed by atoms with Gasteiger partial charge in [0.25, 0.3) is 0 Å². The van der Waals surface area contributed by atoms with Crippen LogP contribution in [0.25, 0.3) is 0 Å². The Morgan fingerprint density at radius 2 is 2.33 bits per heavy atom. The number of carbonyl (C=O) groups is 1. The maximum absolute atomic E-state index is 11.5. The number of carbonyl (C=O) groups excluding carboxylic acids is 1. The highest BCUT2D eigenvalue weighted by Gasteiger charge is 2.04. The second-order valence-corrected chi connectivity index (χ2v) is 4.19. The number of hydrogen-bond acceptors (Lipinski definition) is 2. The summed E-state index contributed by atoms with van der Waals surface area (Å²) in [4.78, 5) is 11.5. The van der Waals surface area contributed by atoms with Crippen molar-refractivity contribution in [3.8, 4) is 0 Å². The second kappa shape index (κ2) is 6.61. The van der Waals surface area contributed by atoms with Gasteiger partial charge in [0.1, 0.15) is 4.60 Å². The Morgan fingerprint density at radius 1 is 1.53 bits per heavy atom. The standard InChI is InChI=1S/C10H16BrN3O/c1-2-3-4-5-7-12-10(15)14-8-6-9(11)13-14/h6,8H,2-5,7H2,1H3,(H,12,15). The highest BCUT2D eigenvalue weighted by atomic mass is 79.9. The molecular formula is C10H16BrN3O. The predicted octanol–water partition coefficient (Wildman–Crippen LogP) is 2.78. The Kier molecular flexibility index (Phi) is 5.39. The number of hydrogen-bond donors (Lipinski definition) is 1. The number of halogens is 1. The van der Waals surface area contributed by atoms with Crippen LogP contribution >= 0.6 is 15.9 Å². The molecule has 1 aromatic rings. The molecule has 15 heavy (non-hydrogen) atoms. The first-order valence-electron chi connectivity index (χ1n) is 5.23. The molecule has 5 heteroatoms. The molecule has 0 bridgehead atoms. The molecule has 1 rings (SSSR count). The van der Waals surface area contributed by atoms with Crippen molar-refractivity contribution < 1.29 is 4.79 Å². The Bertz CT molecular complexity index is 311. The molecular weight excluding hydrogens is 258 g/mol. The maximum atomic E-state index is 11.5. The fourth-order valence-corrected chi connectivity index (χ4v) is 1.53. The van der Waals surface area contributed by atoms with Crippen LogP contribution in [0.4, 0.5) is 4.79 Å². The molecule has 0 radical (unpaired) electrons. The van der Waals surface area contributed by atoms with Gasteiger partial charge in [0.15, 0.2) is 0 Å². The summed E-state index contributed by atoms with van der Waals surface area (Å²) in [6.07, 6.45) is 6.26. The van der Waals surface area contributed by atoms with E-state index in [0.717, 1.165) is 13.0 Å². The van der Waals surface area contributed by atoms with Crippen molar-refractivity contribution in [2.24, 2.45) is 0 Å². The number of nitrogens with one attached hydrogen (secondary N) is 1. The van der Waals surface area contributed by atoms with Crippen LogP contribution in [0, 0.1) is 0 Å². The van der Waals surface area contributed by atoms with Gasteiger partial charge in [-0.15, -0.1) is 0 Å². The zero-order valence-electron chi connectivity index (χ0n) is 8.87. The van der Waals surface area contributed by atoms with Gasteiger partial charge in [-0.3, -0.25) is 0 Å². The topological polar surface area (TPSA) is 46.9 Å². The number of nitrogens with zero attached hydrogens (tertiary/aromatic N) is 2. The van der Waals surface area contributed by atoms with Gasteiger partial charge in [-0.05, 0) is 28.4 Å². The summed E-state index contributed by atoms with van der Waals surface area (Å²) in [7, 11) is 0. The Labute approximate surface area is 98.2 Å². The first-order valence-corrected chi connectivity index (χ1v) is 6.02. The number of aromatic nitrogens is 2. The fraction of sp³-hybridized carbons (Fsp3) is 0.600. The third-order valence-electron chi connectivity index (χ3n) is 2.07. The van der Waals surface area contributed by atoms with Crippen molar-refractivity contribution in [3.05, 3.63) is 16.9 Å². The molecule has 0 spiro atoms. The van der Waals surface area contributed by atoms with Crippen molar-refractivity contribution in [2.75, 3.05) is 6.54 Å². The number of amides is 1. The third kappa shape index (κ3) is 4.46. The zero-order valence-corrected chi connectivity index (χ0v) is 10.5. The van der Waals surface area contributed by atoms with Gasteiger partial charge < -0.3 is 5.32 Å². The van der Waals surface area contributed by atoms with Gasteiger partial charge in [0.2, 0.25) is 0 Å². The lowest BCUT2D eigenvalue weighted by atomic mass is 10.2. The Hall–Kier alpha value is -0.840. The Balaban J connectivity index is 2.19. The fourth-order valence-electron chi connectivity index (χ4n) is 1.24. The minimum absolute atomic E-state index is 0.169. The van der Waals surface area contributed by atoms with Crippen LogP contribution < -0.4 is 5.32 Å². The Morgan fingerprint density at radius 3 is 2.93 bits per heavy atom. The van der Waals surface area contributed by atoms with Crippen molar-refractivity contribution in [1.29, 1.82) is 0 Å². The zero-order chi connectivity index (χ0) is 11.1. The van der Waals surface area contributed by atoms with Crippen LogP contribution in [-0.4, -0.2) is 22.4 Å². The first-order chi connectivity index (χ1) is 7.24. The molecule has 0 saturated heterocycles. The molecule has 0 aliphatic heterocycles. The molecule has 0 saturated carbocycles. The average Bonchev–Trinajstić information content (AvgIpc) is 2.64. The summed E-state index contributed by atoms with van der Waals surface area (Å²) in [5, 5.41) is 6.76. The molecule has 1 heterocycles. The van der Waals surface area contributed by atoms with Crippen molar-refractivity contribution in [1.82, 2.24) is 15.1 Å². The summed E-state index contributed by atoms with van der Waals surface area (Å²) in [6.45, 7) is 2.89. The summed E-state index contributed by atoms with van der Waals surface area (Å²) in [5.41, 5.74) is 0. The van der Waals surface area contributed by atoms with E-state index in [1.807, 2.05) is 0 Å². The van der Waals surface area contributed by atoms with Crippen LogP contribution in [0.1, 0.15) is 32.6 Å². The summed E-state index contributed by atoms with van der Waals surface area (Å²) < 4.78 is 1.97. The molecule has 0 unspecified atom stereocenters. The predicted molar refractivity (Wildman–Crippen MR) is 62.9 cm³/mol. The minimum atomic E-state index is -0.169.